The summed E-state index contributed by atoms with van der Waals surface area (Å²) in [5.41, 5.74) is 2.69. The van der Waals surface area contributed by atoms with E-state index in [0.29, 0.717) is 6.67 Å². The number of pyridine rings is 1. The third-order valence-corrected chi connectivity index (χ3v) is 2.16. The van der Waals surface area contributed by atoms with Crippen LogP contribution in [0.1, 0.15) is 5.69 Å². The summed E-state index contributed by atoms with van der Waals surface area (Å²) in [5, 5.41) is 0. The SMILES string of the molecule is F[CH]Cc1cccc(-c2ccccc2)n1. The van der Waals surface area contributed by atoms with Crippen LogP contribution in [0.25, 0.3) is 11.3 Å². The zero-order valence-electron chi connectivity index (χ0n) is 8.23. The highest BCUT2D eigenvalue weighted by atomic mass is 19.1. The molecule has 0 atom stereocenters. The molecule has 0 amide bonds. The Morgan fingerprint density at radius 3 is 2.53 bits per heavy atom. The molecule has 2 aromatic rings. The van der Waals surface area contributed by atoms with Crippen LogP contribution < -0.4 is 0 Å². The molecule has 0 saturated heterocycles. The maximum absolute atomic E-state index is 12.0. The van der Waals surface area contributed by atoms with Gasteiger partial charge in [-0.05, 0) is 12.1 Å². The monoisotopic (exact) mass is 200 g/mol. The second-order valence-electron chi connectivity index (χ2n) is 3.24. The quantitative estimate of drug-likeness (QED) is 0.739. The lowest BCUT2D eigenvalue weighted by molar-refractivity contribution is 0.595. The molecule has 0 fully saturated rings. The average Bonchev–Trinajstić information content (AvgIpc) is 2.31. The molecule has 15 heavy (non-hydrogen) atoms. The number of nitrogens with zero attached hydrogens (tertiary/aromatic N) is 1. The topological polar surface area (TPSA) is 12.9 Å². The van der Waals surface area contributed by atoms with E-state index in [0.717, 1.165) is 17.0 Å². The Kier molecular flexibility index (Phi) is 3.08. The Hall–Kier alpha value is -1.70. The smallest absolute Gasteiger partial charge is 0.137 e. The first kappa shape index (κ1) is 9.84. The number of benzene rings is 1. The van der Waals surface area contributed by atoms with Gasteiger partial charge in [0, 0.05) is 17.7 Å². The van der Waals surface area contributed by atoms with Crippen LogP contribution in [0.2, 0.25) is 0 Å². The van der Waals surface area contributed by atoms with E-state index in [1.165, 1.54) is 0 Å². The van der Waals surface area contributed by atoms with Crippen molar-refractivity contribution in [2.24, 2.45) is 0 Å². The van der Waals surface area contributed by atoms with Crippen molar-refractivity contribution in [1.29, 1.82) is 0 Å². The highest BCUT2D eigenvalue weighted by Gasteiger charge is 2.00. The lowest BCUT2D eigenvalue weighted by Crippen LogP contribution is -1.90. The number of hydrogen-bond acceptors (Lipinski definition) is 1. The summed E-state index contributed by atoms with van der Waals surface area (Å²) in [5.74, 6) is 0. The zero-order valence-corrected chi connectivity index (χ0v) is 8.23. The van der Waals surface area contributed by atoms with Crippen LogP contribution in [0.4, 0.5) is 4.39 Å². The molecule has 2 heteroatoms. The fourth-order valence-corrected chi connectivity index (χ4v) is 1.44. The molecule has 1 heterocycles. The van der Waals surface area contributed by atoms with E-state index in [4.69, 9.17) is 0 Å². The van der Waals surface area contributed by atoms with Gasteiger partial charge in [0.1, 0.15) is 6.67 Å². The van der Waals surface area contributed by atoms with Crippen LogP contribution in [-0.2, 0) is 6.42 Å². The summed E-state index contributed by atoms with van der Waals surface area (Å²) in [4.78, 5) is 4.36. The molecule has 1 radical (unpaired) electrons. The fourth-order valence-electron chi connectivity index (χ4n) is 1.44. The molecule has 1 aromatic heterocycles. The van der Waals surface area contributed by atoms with E-state index in [9.17, 15) is 4.39 Å². The maximum Gasteiger partial charge on any atom is 0.137 e. The van der Waals surface area contributed by atoms with Crippen molar-refractivity contribution in [3.63, 3.8) is 0 Å². The summed E-state index contributed by atoms with van der Waals surface area (Å²) < 4.78 is 12.0. The van der Waals surface area contributed by atoms with Gasteiger partial charge in [0.2, 0.25) is 0 Å². The van der Waals surface area contributed by atoms with Crippen molar-refractivity contribution in [3.8, 4) is 11.3 Å². The largest absolute Gasteiger partial charge is 0.253 e. The molecule has 0 unspecified atom stereocenters. The predicted molar refractivity (Wildman–Crippen MR) is 58.8 cm³/mol. The Balaban J connectivity index is 2.33. The molecular formula is C13H11FN. The van der Waals surface area contributed by atoms with Gasteiger partial charge in [-0.1, -0.05) is 36.4 Å². The maximum atomic E-state index is 12.0. The van der Waals surface area contributed by atoms with E-state index in [1.54, 1.807) is 0 Å². The van der Waals surface area contributed by atoms with E-state index in [-0.39, 0.29) is 6.42 Å². The van der Waals surface area contributed by atoms with Crippen molar-refractivity contribution in [2.45, 2.75) is 6.42 Å². The molecule has 0 aliphatic rings. The lowest BCUT2D eigenvalue weighted by atomic mass is 10.1. The minimum atomic E-state index is 0.265. The van der Waals surface area contributed by atoms with E-state index in [1.807, 2.05) is 48.5 Å². The van der Waals surface area contributed by atoms with Gasteiger partial charge in [0.05, 0.1) is 5.69 Å². The Morgan fingerprint density at radius 2 is 1.80 bits per heavy atom. The van der Waals surface area contributed by atoms with Crippen molar-refractivity contribution < 1.29 is 4.39 Å². The van der Waals surface area contributed by atoms with Gasteiger partial charge in [0.25, 0.3) is 0 Å². The molecule has 1 aromatic carbocycles. The third kappa shape index (κ3) is 2.40. The van der Waals surface area contributed by atoms with Gasteiger partial charge in [-0.3, -0.25) is 4.98 Å². The Labute approximate surface area is 88.6 Å². The van der Waals surface area contributed by atoms with Crippen LogP contribution in [0.5, 0.6) is 0 Å². The van der Waals surface area contributed by atoms with E-state index in [2.05, 4.69) is 4.98 Å². The van der Waals surface area contributed by atoms with Gasteiger partial charge >= 0.3 is 0 Å². The van der Waals surface area contributed by atoms with Crippen LogP contribution in [0, 0.1) is 6.67 Å². The molecule has 0 spiro atoms. The molecule has 0 aliphatic heterocycles. The Bertz CT molecular complexity index is 426. The number of aromatic nitrogens is 1. The van der Waals surface area contributed by atoms with Crippen molar-refractivity contribution in [1.82, 2.24) is 4.98 Å². The van der Waals surface area contributed by atoms with E-state index >= 15 is 0 Å². The summed E-state index contributed by atoms with van der Waals surface area (Å²) in [7, 11) is 0. The van der Waals surface area contributed by atoms with Crippen LogP contribution >= 0.6 is 0 Å². The summed E-state index contributed by atoms with van der Waals surface area (Å²) in [6, 6.07) is 15.5. The molecule has 2 rings (SSSR count). The first-order valence-electron chi connectivity index (χ1n) is 4.83. The minimum Gasteiger partial charge on any atom is -0.253 e. The van der Waals surface area contributed by atoms with Gasteiger partial charge in [0.15, 0.2) is 0 Å². The molecule has 0 aliphatic carbocycles. The lowest BCUT2D eigenvalue weighted by Gasteiger charge is -2.02. The standard InChI is InChI=1S/C13H11FN/c14-10-9-12-7-4-8-13(15-12)11-5-2-1-3-6-11/h1-8,10H,9H2. The zero-order chi connectivity index (χ0) is 10.5. The molecule has 1 nitrogen and oxygen atoms in total. The summed E-state index contributed by atoms with van der Waals surface area (Å²) >= 11 is 0. The summed E-state index contributed by atoms with van der Waals surface area (Å²) in [6.07, 6.45) is 0.265. The highest BCUT2D eigenvalue weighted by Crippen LogP contribution is 2.16. The van der Waals surface area contributed by atoms with Crippen molar-refractivity contribution in [2.75, 3.05) is 0 Å². The molecule has 0 N–H and O–H groups in total. The molecule has 75 valence electrons. The van der Waals surface area contributed by atoms with E-state index < -0.39 is 0 Å². The Morgan fingerprint density at radius 1 is 1.00 bits per heavy atom. The first-order valence-corrected chi connectivity index (χ1v) is 4.83. The third-order valence-electron chi connectivity index (χ3n) is 2.16. The second-order valence-corrected chi connectivity index (χ2v) is 3.24. The fraction of sp³-hybridized carbons (Fsp3) is 0.0769. The van der Waals surface area contributed by atoms with Gasteiger partial charge in [-0.15, -0.1) is 0 Å². The normalized spacial score (nSPS) is 10.2. The van der Waals surface area contributed by atoms with Gasteiger partial charge in [-0.2, -0.15) is 0 Å². The molecule has 0 saturated carbocycles. The van der Waals surface area contributed by atoms with Crippen molar-refractivity contribution in [3.05, 3.63) is 60.9 Å². The number of hydrogen-bond donors (Lipinski definition) is 0. The highest BCUT2D eigenvalue weighted by molar-refractivity contribution is 5.58. The first-order chi connectivity index (χ1) is 7.40. The van der Waals surface area contributed by atoms with Crippen LogP contribution in [-0.4, -0.2) is 4.98 Å². The number of halogens is 1. The minimum absolute atomic E-state index is 0.265. The van der Waals surface area contributed by atoms with Crippen LogP contribution in [0.15, 0.2) is 48.5 Å². The van der Waals surface area contributed by atoms with Crippen LogP contribution in [0.3, 0.4) is 0 Å². The average molecular weight is 200 g/mol. The van der Waals surface area contributed by atoms with Gasteiger partial charge in [-0.25, -0.2) is 4.39 Å². The predicted octanol–water partition coefficient (Wildman–Crippen LogP) is 3.42. The molecular weight excluding hydrogens is 189 g/mol. The molecule has 0 bridgehead atoms. The van der Waals surface area contributed by atoms with Gasteiger partial charge < -0.3 is 0 Å². The second kappa shape index (κ2) is 4.69. The number of rotatable bonds is 3. The van der Waals surface area contributed by atoms with Crippen molar-refractivity contribution >= 4 is 0 Å². The summed E-state index contributed by atoms with van der Waals surface area (Å²) in [6.45, 7) is 0.622.